The number of rotatable bonds is 8. The Kier molecular flexibility index (Phi) is 15.0. The smallest absolute Gasteiger partial charge is 0.147 e. The fourth-order valence-corrected chi connectivity index (χ4v) is 3.79. The Bertz CT molecular complexity index is 100. The van der Waals surface area contributed by atoms with Gasteiger partial charge in [-0.1, -0.05) is 0 Å². The van der Waals surface area contributed by atoms with Gasteiger partial charge in [0.05, 0.1) is 0 Å². The van der Waals surface area contributed by atoms with Gasteiger partial charge in [-0.05, 0) is 0 Å². The average molecular weight is 328 g/mol. The Morgan fingerprint density at radius 2 is 1.86 bits per heavy atom. The zero-order valence-corrected chi connectivity index (χ0v) is 13.3. The van der Waals surface area contributed by atoms with Crippen molar-refractivity contribution in [3.05, 3.63) is 0 Å². The number of nitrogens with two attached hydrogens (primary N) is 1. The molecule has 2 radical (unpaired) electrons. The first-order valence-electron chi connectivity index (χ1n) is 5.23. The standard InChI is InChI=1S/C6H14N.C4H9O.ClH.Sn/c1-3-4-5-6(2)7;1-4(2)3-5;;/h6H,1,3-5,7H2,2H3;4H,3H2,1-2H3;1H;/q;-1;;+1. The Labute approximate surface area is 106 Å². The molecule has 0 fully saturated rings. The van der Waals surface area contributed by atoms with Crippen LogP contribution in [-0.2, 0) is 3.07 Å². The van der Waals surface area contributed by atoms with E-state index >= 15 is 0 Å². The van der Waals surface area contributed by atoms with Crippen LogP contribution in [0.3, 0.4) is 0 Å². The summed E-state index contributed by atoms with van der Waals surface area (Å²) in [6.07, 6.45) is 3.78. The summed E-state index contributed by atoms with van der Waals surface area (Å²) in [4.78, 5) is 0. The monoisotopic (exact) mass is 329 g/mol. The molecule has 2 N–H and O–H groups in total. The van der Waals surface area contributed by atoms with Gasteiger partial charge < -0.3 is 0 Å². The fraction of sp³-hybridized carbons (Fsp3) is 1.00. The van der Waals surface area contributed by atoms with Crippen molar-refractivity contribution in [3.8, 4) is 0 Å². The Balaban J connectivity index is 0. The van der Waals surface area contributed by atoms with Gasteiger partial charge in [0.2, 0.25) is 0 Å². The first-order chi connectivity index (χ1) is 6.13. The summed E-state index contributed by atoms with van der Waals surface area (Å²) in [6.45, 7) is 7.46. The molecule has 0 bridgehead atoms. The number of unbranched alkanes of at least 4 members (excludes halogenated alkanes) is 1. The SMILES string of the molecule is CC(C)C[O][Sn][CH2]CCCC(C)N.Cl. The molecule has 0 rings (SSSR count). The van der Waals surface area contributed by atoms with Crippen LogP contribution in [-0.4, -0.2) is 34.2 Å². The molecular formula is C10H24ClNOSn. The van der Waals surface area contributed by atoms with Gasteiger partial charge in [0.15, 0.2) is 0 Å². The maximum absolute atomic E-state index is 5.66. The van der Waals surface area contributed by atoms with Gasteiger partial charge in [-0.3, -0.25) is 0 Å². The third-order valence-electron chi connectivity index (χ3n) is 1.71. The van der Waals surface area contributed by atoms with E-state index in [0.717, 1.165) is 6.61 Å². The van der Waals surface area contributed by atoms with Crippen LogP contribution in [0.25, 0.3) is 0 Å². The van der Waals surface area contributed by atoms with Crippen LogP contribution in [0.15, 0.2) is 0 Å². The van der Waals surface area contributed by atoms with Crippen LogP contribution >= 0.6 is 12.4 Å². The molecule has 1 unspecified atom stereocenters. The van der Waals surface area contributed by atoms with Gasteiger partial charge in [0.25, 0.3) is 0 Å². The van der Waals surface area contributed by atoms with Crippen molar-refractivity contribution in [3.63, 3.8) is 0 Å². The zero-order chi connectivity index (χ0) is 10.1. The molecule has 0 aromatic carbocycles. The summed E-state index contributed by atoms with van der Waals surface area (Å²) < 4.78 is 6.99. The van der Waals surface area contributed by atoms with Gasteiger partial charge in [-0.25, -0.2) is 0 Å². The van der Waals surface area contributed by atoms with Crippen molar-refractivity contribution >= 4 is 34.0 Å². The number of halogens is 1. The predicted octanol–water partition coefficient (Wildman–Crippen LogP) is 2.64. The topological polar surface area (TPSA) is 35.2 Å². The van der Waals surface area contributed by atoms with Crippen LogP contribution < -0.4 is 5.73 Å². The molecule has 1 atom stereocenters. The van der Waals surface area contributed by atoms with Crippen molar-refractivity contribution in [2.45, 2.75) is 50.5 Å². The van der Waals surface area contributed by atoms with Gasteiger partial charge in [0, 0.05) is 0 Å². The van der Waals surface area contributed by atoms with Crippen LogP contribution in [0, 0.1) is 5.92 Å². The predicted molar refractivity (Wildman–Crippen MR) is 66.1 cm³/mol. The molecule has 0 saturated carbocycles. The van der Waals surface area contributed by atoms with Crippen LogP contribution in [0.5, 0.6) is 0 Å². The second-order valence-electron chi connectivity index (χ2n) is 4.07. The molecule has 14 heavy (non-hydrogen) atoms. The van der Waals surface area contributed by atoms with Gasteiger partial charge in [-0.15, -0.1) is 12.4 Å². The van der Waals surface area contributed by atoms with E-state index < -0.39 is 21.6 Å². The summed E-state index contributed by atoms with van der Waals surface area (Å²) in [5.74, 6) is 0.699. The minimum atomic E-state index is -0.471. The van der Waals surface area contributed by atoms with E-state index in [9.17, 15) is 0 Å². The molecule has 0 saturated heterocycles. The fourth-order valence-electron chi connectivity index (χ4n) is 0.961. The van der Waals surface area contributed by atoms with Crippen molar-refractivity contribution < 1.29 is 3.07 Å². The molecule has 86 valence electrons. The largest absolute Gasteiger partial charge is 0.147 e. The molecule has 0 aliphatic carbocycles. The van der Waals surface area contributed by atoms with Crippen LogP contribution in [0.4, 0.5) is 0 Å². The maximum atomic E-state index is 5.66. The number of hydrogen-bond donors (Lipinski definition) is 1. The van der Waals surface area contributed by atoms with Crippen molar-refractivity contribution in [1.29, 1.82) is 0 Å². The molecule has 0 amide bonds. The normalized spacial score (nSPS) is 12.6. The van der Waals surface area contributed by atoms with Gasteiger partial charge in [-0.2, -0.15) is 0 Å². The Hall–Kier alpha value is 1.01. The minimum absolute atomic E-state index is 0. The van der Waals surface area contributed by atoms with Crippen molar-refractivity contribution in [2.75, 3.05) is 6.61 Å². The van der Waals surface area contributed by atoms with E-state index in [0.29, 0.717) is 12.0 Å². The molecule has 2 nitrogen and oxygen atoms in total. The summed E-state index contributed by atoms with van der Waals surface area (Å²) >= 11 is -0.471. The first kappa shape index (κ1) is 17.4. The van der Waals surface area contributed by atoms with Gasteiger partial charge >= 0.3 is 93.4 Å². The van der Waals surface area contributed by atoms with E-state index in [4.69, 9.17) is 8.81 Å². The van der Waals surface area contributed by atoms with E-state index in [1.165, 1.54) is 23.7 Å². The summed E-state index contributed by atoms with van der Waals surface area (Å²) in [5.41, 5.74) is 5.66. The second kappa shape index (κ2) is 12.1. The van der Waals surface area contributed by atoms with E-state index in [-0.39, 0.29) is 12.4 Å². The average Bonchev–Trinajstić information content (AvgIpc) is 2.01. The van der Waals surface area contributed by atoms with E-state index in [1.54, 1.807) is 0 Å². The molecule has 0 aromatic rings. The third kappa shape index (κ3) is 15.5. The summed E-state index contributed by atoms with van der Waals surface area (Å²) in [7, 11) is 0. The Morgan fingerprint density at radius 1 is 1.21 bits per heavy atom. The molecule has 0 spiro atoms. The maximum Gasteiger partial charge on any atom is -0.147 e. The van der Waals surface area contributed by atoms with Crippen LogP contribution in [0.1, 0.15) is 40.0 Å². The van der Waals surface area contributed by atoms with E-state index in [1.807, 2.05) is 0 Å². The first-order valence-corrected chi connectivity index (χ1v) is 8.41. The molecule has 0 heterocycles. The number of hydrogen-bond acceptors (Lipinski definition) is 2. The molecular weight excluding hydrogens is 304 g/mol. The van der Waals surface area contributed by atoms with Crippen molar-refractivity contribution in [1.82, 2.24) is 0 Å². The summed E-state index contributed by atoms with van der Waals surface area (Å²) in [6, 6.07) is 0.377. The minimum Gasteiger partial charge on any atom is -0.147 e. The third-order valence-corrected chi connectivity index (χ3v) is 4.36. The zero-order valence-electron chi connectivity index (χ0n) is 9.58. The quantitative estimate of drug-likeness (QED) is 0.549. The second-order valence-corrected chi connectivity index (χ2v) is 7.15. The van der Waals surface area contributed by atoms with Gasteiger partial charge in [0.1, 0.15) is 0 Å². The molecule has 0 aliphatic rings. The summed E-state index contributed by atoms with van der Waals surface area (Å²) in [5, 5.41) is 0. The molecule has 0 aromatic heterocycles. The molecule has 4 heteroatoms. The van der Waals surface area contributed by atoms with Crippen LogP contribution in [0.2, 0.25) is 4.44 Å². The Morgan fingerprint density at radius 3 is 2.36 bits per heavy atom. The molecule has 0 aliphatic heterocycles. The van der Waals surface area contributed by atoms with Crippen molar-refractivity contribution in [2.24, 2.45) is 11.7 Å². The van der Waals surface area contributed by atoms with E-state index in [2.05, 4.69) is 20.8 Å².